The third-order valence-electron chi connectivity index (χ3n) is 2.43. The van der Waals surface area contributed by atoms with Gasteiger partial charge < -0.3 is 9.47 Å². The van der Waals surface area contributed by atoms with Crippen LogP contribution in [-0.2, 0) is 4.74 Å². The second-order valence-electron chi connectivity index (χ2n) is 3.53. The van der Waals surface area contributed by atoms with Crippen molar-refractivity contribution in [1.82, 2.24) is 10.2 Å². The lowest BCUT2D eigenvalue weighted by molar-refractivity contribution is 0.0601. The van der Waals surface area contributed by atoms with Crippen LogP contribution in [0.5, 0.6) is 5.88 Å². The highest BCUT2D eigenvalue weighted by atomic mass is 16.5. The molecule has 5 nitrogen and oxygen atoms in total. The van der Waals surface area contributed by atoms with Crippen LogP contribution in [0.2, 0.25) is 0 Å². The van der Waals surface area contributed by atoms with Crippen LogP contribution in [0.3, 0.4) is 0 Å². The molecule has 0 N–H and O–H groups in total. The molecule has 0 saturated carbocycles. The molecule has 92 valence electrons. The Morgan fingerprint density at radius 3 is 2.56 bits per heavy atom. The monoisotopic (exact) mass is 244 g/mol. The summed E-state index contributed by atoms with van der Waals surface area (Å²) < 4.78 is 9.61. The topological polar surface area (TPSA) is 61.3 Å². The smallest absolute Gasteiger partial charge is 0.337 e. The molecule has 0 saturated heterocycles. The maximum Gasteiger partial charge on any atom is 0.337 e. The number of benzene rings is 1. The molecule has 0 aliphatic heterocycles. The Labute approximate surface area is 104 Å². The quantitative estimate of drug-likeness (QED) is 0.772. The predicted octanol–water partition coefficient (Wildman–Crippen LogP) is 1.94. The number of hydrogen-bond acceptors (Lipinski definition) is 5. The number of carbonyl (C=O) groups excluding carboxylic acids is 1. The maximum atomic E-state index is 11.4. The summed E-state index contributed by atoms with van der Waals surface area (Å²) in [4.78, 5) is 11.4. The van der Waals surface area contributed by atoms with E-state index in [1.54, 1.807) is 30.3 Å². The molecule has 5 heteroatoms. The standard InChI is InChI=1S/C13H12N2O3/c1-17-12-7-6-11(14-15-12)9-4-3-5-10(8-9)13(16)18-2/h3-8H,1-2H3. The van der Waals surface area contributed by atoms with Crippen LogP contribution < -0.4 is 4.74 Å². The molecule has 1 aromatic heterocycles. The largest absolute Gasteiger partial charge is 0.480 e. The van der Waals surface area contributed by atoms with Gasteiger partial charge in [-0.15, -0.1) is 10.2 Å². The normalized spacial score (nSPS) is 9.89. The fourth-order valence-electron chi connectivity index (χ4n) is 1.51. The van der Waals surface area contributed by atoms with Gasteiger partial charge in [-0.3, -0.25) is 0 Å². The zero-order chi connectivity index (χ0) is 13.0. The van der Waals surface area contributed by atoms with Crippen molar-refractivity contribution in [3.05, 3.63) is 42.0 Å². The maximum absolute atomic E-state index is 11.4. The van der Waals surface area contributed by atoms with E-state index in [0.29, 0.717) is 17.1 Å². The van der Waals surface area contributed by atoms with E-state index in [0.717, 1.165) is 5.56 Å². The lowest BCUT2D eigenvalue weighted by atomic mass is 10.1. The van der Waals surface area contributed by atoms with Crippen LogP contribution in [-0.4, -0.2) is 30.4 Å². The van der Waals surface area contributed by atoms with Crippen molar-refractivity contribution in [2.45, 2.75) is 0 Å². The van der Waals surface area contributed by atoms with Crippen LogP contribution in [0.4, 0.5) is 0 Å². The molecular formula is C13H12N2O3. The molecular weight excluding hydrogens is 232 g/mol. The number of rotatable bonds is 3. The fourth-order valence-corrected chi connectivity index (χ4v) is 1.51. The summed E-state index contributed by atoms with van der Waals surface area (Å²) in [7, 11) is 2.88. The van der Waals surface area contributed by atoms with Gasteiger partial charge >= 0.3 is 5.97 Å². The van der Waals surface area contributed by atoms with Crippen molar-refractivity contribution in [3.63, 3.8) is 0 Å². The highest BCUT2D eigenvalue weighted by molar-refractivity contribution is 5.90. The molecule has 0 spiro atoms. The van der Waals surface area contributed by atoms with Gasteiger partial charge in [-0.2, -0.15) is 0 Å². The Balaban J connectivity index is 2.35. The highest BCUT2D eigenvalue weighted by Gasteiger charge is 2.07. The van der Waals surface area contributed by atoms with Crippen LogP contribution in [0.15, 0.2) is 36.4 Å². The minimum absolute atomic E-state index is 0.377. The molecule has 0 aliphatic carbocycles. The summed E-state index contributed by atoms with van der Waals surface area (Å²) in [6.07, 6.45) is 0. The minimum atomic E-state index is -0.377. The van der Waals surface area contributed by atoms with E-state index in [1.807, 2.05) is 6.07 Å². The molecule has 0 atom stereocenters. The summed E-state index contributed by atoms with van der Waals surface area (Å²) in [6.45, 7) is 0. The van der Waals surface area contributed by atoms with Crippen molar-refractivity contribution < 1.29 is 14.3 Å². The van der Waals surface area contributed by atoms with E-state index in [2.05, 4.69) is 14.9 Å². The zero-order valence-electron chi connectivity index (χ0n) is 10.1. The first-order valence-electron chi connectivity index (χ1n) is 5.31. The number of hydrogen-bond donors (Lipinski definition) is 0. The Morgan fingerprint density at radius 1 is 1.11 bits per heavy atom. The number of nitrogens with zero attached hydrogens (tertiary/aromatic N) is 2. The second-order valence-corrected chi connectivity index (χ2v) is 3.53. The van der Waals surface area contributed by atoms with E-state index in [1.165, 1.54) is 14.2 Å². The average Bonchev–Trinajstić information content (AvgIpc) is 2.46. The van der Waals surface area contributed by atoms with Crippen molar-refractivity contribution in [2.75, 3.05) is 14.2 Å². The third kappa shape index (κ3) is 2.45. The van der Waals surface area contributed by atoms with E-state index in [4.69, 9.17) is 4.74 Å². The minimum Gasteiger partial charge on any atom is -0.480 e. The predicted molar refractivity (Wildman–Crippen MR) is 65.4 cm³/mol. The second kappa shape index (κ2) is 5.27. The van der Waals surface area contributed by atoms with Gasteiger partial charge in [0.15, 0.2) is 0 Å². The van der Waals surface area contributed by atoms with Gasteiger partial charge in [-0.05, 0) is 18.2 Å². The average molecular weight is 244 g/mol. The fraction of sp³-hybridized carbons (Fsp3) is 0.154. The SMILES string of the molecule is COC(=O)c1cccc(-c2ccc(OC)nn2)c1. The Kier molecular flexibility index (Phi) is 3.52. The van der Waals surface area contributed by atoms with E-state index < -0.39 is 0 Å². The Hall–Kier alpha value is -2.43. The zero-order valence-corrected chi connectivity index (χ0v) is 10.1. The lowest BCUT2D eigenvalue weighted by Gasteiger charge is -2.03. The van der Waals surface area contributed by atoms with Crippen LogP contribution >= 0.6 is 0 Å². The lowest BCUT2D eigenvalue weighted by Crippen LogP contribution is -2.01. The van der Waals surface area contributed by atoms with Crippen molar-refractivity contribution >= 4 is 5.97 Å². The van der Waals surface area contributed by atoms with Gasteiger partial charge in [0.25, 0.3) is 0 Å². The third-order valence-corrected chi connectivity index (χ3v) is 2.43. The molecule has 0 radical (unpaired) electrons. The number of ether oxygens (including phenoxy) is 2. The van der Waals surface area contributed by atoms with Gasteiger partial charge in [0.05, 0.1) is 25.5 Å². The molecule has 2 aromatic rings. The van der Waals surface area contributed by atoms with Crippen molar-refractivity contribution in [1.29, 1.82) is 0 Å². The van der Waals surface area contributed by atoms with Gasteiger partial charge in [0.1, 0.15) is 0 Å². The van der Waals surface area contributed by atoms with Crippen molar-refractivity contribution in [2.24, 2.45) is 0 Å². The van der Waals surface area contributed by atoms with Crippen LogP contribution in [0.1, 0.15) is 10.4 Å². The van der Waals surface area contributed by atoms with E-state index in [9.17, 15) is 4.79 Å². The number of methoxy groups -OCH3 is 2. The molecule has 0 amide bonds. The molecule has 0 aliphatic rings. The van der Waals surface area contributed by atoms with Gasteiger partial charge in [0.2, 0.25) is 5.88 Å². The summed E-state index contributed by atoms with van der Waals surface area (Å²) in [5, 5.41) is 7.90. The van der Waals surface area contributed by atoms with E-state index in [-0.39, 0.29) is 5.97 Å². The van der Waals surface area contributed by atoms with Crippen LogP contribution in [0, 0.1) is 0 Å². The van der Waals surface area contributed by atoms with Gasteiger partial charge in [-0.1, -0.05) is 12.1 Å². The van der Waals surface area contributed by atoms with Crippen molar-refractivity contribution in [3.8, 4) is 17.1 Å². The van der Waals surface area contributed by atoms with Gasteiger partial charge in [-0.25, -0.2) is 4.79 Å². The first kappa shape index (κ1) is 12.0. The first-order valence-corrected chi connectivity index (χ1v) is 5.31. The first-order chi connectivity index (χ1) is 8.74. The number of carbonyl (C=O) groups is 1. The summed E-state index contributed by atoms with van der Waals surface area (Å²) in [6, 6.07) is 10.5. The summed E-state index contributed by atoms with van der Waals surface area (Å²) >= 11 is 0. The number of aromatic nitrogens is 2. The molecule has 0 unspecified atom stereocenters. The molecule has 2 rings (SSSR count). The van der Waals surface area contributed by atoms with Gasteiger partial charge in [0, 0.05) is 11.6 Å². The summed E-state index contributed by atoms with van der Waals surface area (Å²) in [5.41, 5.74) is 1.95. The highest BCUT2D eigenvalue weighted by Crippen LogP contribution is 2.19. The Morgan fingerprint density at radius 2 is 1.94 bits per heavy atom. The van der Waals surface area contributed by atoms with Crippen LogP contribution in [0.25, 0.3) is 11.3 Å². The molecule has 18 heavy (non-hydrogen) atoms. The summed E-state index contributed by atoms with van der Waals surface area (Å²) in [5.74, 6) is 0.0705. The Bertz CT molecular complexity index is 552. The molecule has 0 bridgehead atoms. The molecule has 0 fully saturated rings. The molecule has 1 aromatic carbocycles. The molecule has 1 heterocycles. The number of esters is 1. The van der Waals surface area contributed by atoms with E-state index >= 15 is 0 Å².